The zero-order valence-electron chi connectivity index (χ0n) is 10.0. The Morgan fingerprint density at radius 1 is 1.60 bits per heavy atom. The van der Waals surface area contributed by atoms with Crippen molar-refractivity contribution in [3.63, 3.8) is 0 Å². The Labute approximate surface area is 92.5 Å². The first-order valence-corrected chi connectivity index (χ1v) is 5.80. The molecule has 1 amide bonds. The van der Waals surface area contributed by atoms with Crippen molar-refractivity contribution in [3.05, 3.63) is 11.6 Å². The second-order valence-corrected chi connectivity index (χ2v) is 4.27. The van der Waals surface area contributed by atoms with Gasteiger partial charge in [0.15, 0.2) is 0 Å². The molecule has 1 aliphatic rings. The number of nitrogens with one attached hydrogen (secondary N) is 1. The monoisotopic (exact) mass is 210 g/mol. The van der Waals surface area contributed by atoms with Gasteiger partial charge in [-0.05, 0) is 32.7 Å². The number of carbonyl (C=O) groups is 1. The number of allylic oxidation sites excluding steroid dienone is 1. The number of nitrogens with zero attached hydrogens (tertiary/aromatic N) is 1. The fourth-order valence-corrected chi connectivity index (χ4v) is 2.02. The molecule has 0 aromatic carbocycles. The Morgan fingerprint density at radius 3 is 2.87 bits per heavy atom. The summed E-state index contributed by atoms with van der Waals surface area (Å²) >= 11 is 0. The summed E-state index contributed by atoms with van der Waals surface area (Å²) in [5, 5.41) is 3.40. The number of hydrogen-bond acceptors (Lipinski definition) is 2. The first-order valence-electron chi connectivity index (χ1n) is 5.80. The summed E-state index contributed by atoms with van der Waals surface area (Å²) in [5.41, 5.74) is 0.859. The summed E-state index contributed by atoms with van der Waals surface area (Å²) in [5.74, 6) is 0.158. The molecule has 0 aromatic heterocycles. The summed E-state index contributed by atoms with van der Waals surface area (Å²) in [7, 11) is 1.88. The molecular weight excluding hydrogens is 188 g/mol. The molecule has 1 saturated heterocycles. The molecule has 1 aliphatic heterocycles. The minimum atomic E-state index is 0.158. The number of rotatable bonds is 4. The standard InChI is InChI=1S/C12H22N2O/c1-4-6-10(2)12(15)14(3)9-11-7-5-8-13-11/h6,11,13H,4-5,7-9H2,1-3H3/b10-6-. The molecule has 1 unspecified atom stereocenters. The molecule has 15 heavy (non-hydrogen) atoms. The fraction of sp³-hybridized carbons (Fsp3) is 0.750. The zero-order chi connectivity index (χ0) is 11.3. The molecule has 1 heterocycles. The van der Waals surface area contributed by atoms with E-state index in [1.54, 1.807) is 0 Å². The Balaban J connectivity index is 2.41. The fourth-order valence-electron chi connectivity index (χ4n) is 2.02. The predicted octanol–water partition coefficient (Wildman–Crippen LogP) is 1.55. The van der Waals surface area contributed by atoms with Crippen molar-refractivity contribution < 1.29 is 4.79 Å². The first-order chi connectivity index (χ1) is 7.15. The van der Waals surface area contributed by atoms with Crippen LogP contribution >= 0.6 is 0 Å². The summed E-state index contributed by atoms with van der Waals surface area (Å²) in [4.78, 5) is 13.7. The minimum Gasteiger partial charge on any atom is -0.340 e. The summed E-state index contributed by atoms with van der Waals surface area (Å²) < 4.78 is 0. The van der Waals surface area contributed by atoms with Gasteiger partial charge in [-0.2, -0.15) is 0 Å². The lowest BCUT2D eigenvalue weighted by atomic mass is 10.2. The molecule has 1 N–H and O–H groups in total. The van der Waals surface area contributed by atoms with E-state index in [-0.39, 0.29) is 5.91 Å². The average Bonchev–Trinajstić information content (AvgIpc) is 2.69. The summed E-state index contributed by atoms with van der Waals surface area (Å²) in [6.07, 6.45) is 5.33. The molecule has 0 aliphatic carbocycles. The van der Waals surface area contributed by atoms with Crippen LogP contribution in [0.4, 0.5) is 0 Å². The molecule has 3 nitrogen and oxygen atoms in total. The molecule has 1 atom stereocenters. The lowest BCUT2D eigenvalue weighted by Crippen LogP contribution is -2.38. The maximum atomic E-state index is 11.9. The van der Waals surface area contributed by atoms with Crippen LogP contribution in [0, 0.1) is 0 Å². The molecule has 1 fully saturated rings. The lowest BCUT2D eigenvalue weighted by Gasteiger charge is -2.21. The molecule has 0 bridgehead atoms. The average molecular weight is 210 g/mol. The molecule has 1 rings (SSSR count). The largest absolute Gasteiger partial charge is 0.340 e. The highest BCUT2D eigenvalue weighted by molar-refractivity contribution is 5.92. The van der Waals surface area contributed by atoms with Gasteiger partial charge in [-0.25, -0.2) is 0 Å². The smallest absolute Gasteiger partial charge is 0.248 e. The first kappa shape index (κ1) is 12.2. The minimum absolute atomic E-state index is 0.158. The van der Waals surface area contributed by atoms with E-state index < -0.39 is 0 Å². The van der Waals surface area contributed by atoms with Gasteiger partial charge in [0.1, 0.15) is 0 Å². The van der Waals surface area contributed by atoms with Crippen LogP contribution in [0.25, 0.3) is 0 Å². The van der Waals surface area contributed by atoms with Crippen LogP contribution in [0.3, 0.4) is 0 Å². The number of amides is 1. The highest BCUT2D eigenvalue weighted by Crippen LogP contribution is 2.08. The second-order valence-electron chi connectivity index (χ2n) is 4.27. The lowest BCUT2D eigenvalue weighted by molar-refractivity contribution is -0.126. The van der Waals surface area contributed by atoms with Gasteiger partial charge in [-0.1, -0.05) is 13.0 Å². The van der Waals surface area contributed by atoms with Gasteiger partial charge in [0.2, 0.25) is 5.91 Å². The molecule has 86 valence electrons. The third-order valence-electron chi connectivity index (χ3n) is 2.85. The van der Waals surface area contributed by atoms with Crippen LogP contribution < -0.4 is 5.32 Å². The maximum absolute atomic E-state index is 11.9. The normalized spacial score (nSPS) is 21.8. The second kappa shape index (κ2) is 5.91. The topological polar surface area (TPSA) is 32.3 Å². The van der Waals surface area contributed by atoms with Crippen molar-refractivity contribution in [2.24, 2.45) is 0 Å². The van der Waals surface area contributed by atoms with Crippen molar-refractivity contribution in [1.29, 1.82) is 0 Å². The quantitative estimate of drug-likeness (QED) is 0.714. The van der Waals surface area contributed by atoms with Crippen LogP contribution in [0.5, 0.6) is 0 Å². The molecular formula is C12H22N2O. The zero-order valence-corrected chi connectivity index (χ0v) is 10.0. The van der Waals surface area contributed by atoms with E-state index in [2.05, 4.69) is 12.2 Å². The van der Waals surface area contributed by atoms with Crippen LogP contribution in [-0.4, -0.2) is 37.0 Å². The van der Waals surface area contributed by atoms with E-state index >= 15 is 0 Å². The highest BCUT2D eigenvalue weighted by Gasteiger charge is 2.19. The van der Waals surface area contributed by atoms with Crippen molar-refractivity contribution in [2.75, 3.05) is 20.1 Å². The number of likely N-dealkylation sites (N-methyl/N-ethyl adjacent to an activating group) is 1. The number of hydrogen-bond donors (Lipinski definition) is 1. The van der Waals surface area contributed by atoms with Gasteiger partial charge in [0, 0.05) is 25.2 Å². The third kappa shape index (κ3) is 3.67. The van der Waals surface area contributed by atoms with Gasteiger partial charge in [-0.3, -0.25) is 4.79 Å². The Bertz CT molecular complexity index is 242. The van der Waals surface area contributed by atoms with Gasteiger partial charge in [-0.15, -0.1) is 0 Å². The van der Waals surface area contributed by atoms with Gasteiger partial charge in [0.05, 0.1) is 0 Å². The van der Waals surface area contributed by atoms with Crippen molar-refractivity contribution >= 4 is 5.91 Å². The Kier molecular flexibility index (Phi) is 4.82. The molecule has 3 heteroatoms. The van der Waals surface area contributed by atoms with E-state index in [9.17, 15) is 4.79 Å². The van der Waals surface area contributed by atoms with Gasteiger partial charge in [0.25, 0.3) is 0 Å². The maximum Gasteiger partial charge on any atom is 0.248 e. The number of carbonyl (C=O) groups excluding carboxylic acids is 1. The molecule has 0 saturated carbocycles. The van der Waals surface area contributed by atoms with Crippen molar-refractivity contribution in [1.82, 2.24) is 10.2 Å². The summed E-state index contributed by atoms with van der Waals surface area (Å²) in [6.45, 7) is 5.87. The van der Waals surface area contributed by atoms with E-state index in [4.69, 9.17) is 0 Å². The SMILES string of the molecule is CC/C=C(/C)C(=O)N(C)CC1CCCN1. The van der Waals surface area contributed by atoms with E-state index in [1.165, 1.54) is 12.8 Å². The molecule has 0 radical (unpaired) electrons. The van der Waals surface area contributed by atoms with Crippen LogP contribution in [0.15, 0.2) is 11.6 Å². The van der Waals surface area contributed by atoms with Gasteiger partial charge >= 0.3 is 0 Å². The summed E-state index contributed by atoms with van der Waals surface area (Å²) in [6, 6.07) is 0.494. The predicted molar refractivity (Wildman–Crippen MR) is 62.7 cm³/mol. The molecule has 0 spiro atoms. The van der Waals surface area contributed by atoms with Crippen molar-refractivity contribution in [2.45, 2.75) is 39.2 Å². The Morgan fingerprint density at radius 2 is 2.33 bits per heavy atom. The van der Waals surface area contributed by atoms with E-state index in [0.717, 1.165) is 25.1 Å². The molecule has 0 aromatic rings. The van der Waals surface area contributed by atoms with E-state index in [0.29, 0.717) is 6.04 Å². The van der Waals surface area contributed by atoms with Crippen molar-refractivity contribution in [3.8, 4) is 0 Å². The third-order valence-corrected chi connectivity index (χ3v) is 2.85. The van der Waals surface area contributed by atoms with Gasteiger partial charge < -0.3 is 10.2 Å². The van der Waals surface area contributed by atoms with Crippen LogP contribution in [0.2, 0.25) is 0 Å². The highest BCUT2D eigenvalue weighted by atomic mass is 16.2. The van der Waals surface area contributed by atoms with Crippen LogP contribution in [-0.2, 0) is 4.79 Å². The van der Waals surface area contributed by atoms with E-state index in [1.807, 2.05) is 24.9 Å². The van der Waals surface area contributed by atoms with Crippen LogP contribution in [0.1, 0.15) is 33.1 Å². The Hall–Kier alpha value is -0.830.